The number of nitrogens with one attached hydrogen (secondary N) is 1. The third-order valence-corrected chi connectivity index (χ3v) is 3.85. The van der Waals surface area contributed by atoms with Crippen molar-refractivity contribution in [3.05, 3.63) is 63.5 Å². The van der Waals surface area contributed by atoms with Gasteiger partial charge >= 0.3 is 0 Å². The smallest absolute Gasteiger partial charge is 0.250 e. The number of hydrogen-bond acceptors (Lipinski definition) is 3. The number of hydrogen-bond donors (Lipinski definition) is 2. The Hall–Kier alpha value is -1.82. The van der Waals surface area contributed by atoms with E-state index in [1.54, 1.807) is 18.3 Å². The van der Waals surface area contributed by atoms with Crippen LogP contribution < -0.4 is 16.6 Å². The van der Waals surface area contributed by atoms with Gasteiger partial charge in [-0.2, -0.15) is 0 Å². The van der Waals surface area contributed by atoms with E-state index in [0.717, 1.165) is 12.0 Å². The van der Waals surface area contributed by atoms with Gasteiger partial charge in [0.25, 0.3) is 5.56 Å². The molecule has 1 unspecified atom stereocenters. The molecule has 0 spiro atoms. The van der Waals surface area contributed by atoms with Gasteiger partial charge in [-0.25, -0.2) is 0 Å². The zero-order chi connectivity index (χ0) is 16.8. The molecule has 24 heavy (non-hydrogen) atoms. The van der Waals surface area contributed by atoms with Crippen molar-refractivity contribution < 1.29 is 4.79 Å². The molecule has 0 radical (unpaired) electrons. The van der Waals surface area contributed by atoms with Crippen LogP contribution in [0.2, 0.25) is 5.02 Å². The molecule has 0 saturated heterocycles. The number of nitrogens with two attached hydrogens (primary N) is 1. The number of carbonyl (C=O) groups is 1. The summed E-state index contributed by atoms with van der Waals surface area (Å²) in [6, 6.07) is 9.76. The van der Waals surface area contributed by atoms with Crippen LogP contribution in [0, 0.1) is 0 Å². The van der Waals surface area contributed by atoms with Crippen LogP contribution in [-0.4, -0.2) is 16.5 Å². The number of nitrogens with zero attached hydrogens (tertiary/aromatic N) is 1. The van der Waals surface area contributed by atoms with Gasteiger partial charge in [-0.3, -0.25) is 9.59 Å². The number of pyridine rings is 1. The molecule has 0 aliphatic rings. The summed E-state index contributed by atoms with van der Waals surface area (Å²) in [5, 5.41) is 3.33. The van der Waals surface area contributed by atoms with Gasteiger partial charge < -0.3 is 15.6 Å². The number of aromatic nitrogens is 1. The molecule has 1 aromatic heterocycles. The van der Waals surface area contributed by atoms with Crippen molar-refractivity contribution in [2.24, 2.45) is 5.73 Å². The average Bonchev–Trinajstić information content (AvgIpc) is 2.53. The van der Waals surface area contributed by atoms with Crippen molar-refractivity contribution in [3.8, 4) is 0 Å². The number of anilines is 1. The molecule has 0 aliphatic carbocycles. The van der Waals surface area contributed by atoms with E-state index >= 15 is 0 Å². The van der Waals surface area contributed by atoms with Crippen LogP contribution in [-0.2, 0) is 11.3 Å². The second kappa shape index (κ2) is 9.47. The van der Waals surface area contributed by atoms with E-state index < -0.39 is 6.04 Å². The number of rotatable bonds is 6. The lowest BCUT2D eigenvalue weighted by molar-refractivity contribution is -0.117. The molecule has 1 aromatic carbocycles. The Morgan fingerprint density at radius 3 is 2.67 bits per heavy atom. The van der Waals surface area contributed by atoms with Crippen molar-refractivity contribution in [3.63, 3.8) is 0 Å². The summed E-state index contributed by atoms with van der Waals surface area (Å²) in [7, 11) is 0. The summed E-state index contributed by atoms with van der Waals surface area (Å²) in [4.78, 5) is 24.0. The molecule has 7 heteroatoms. The maximum Gasteiger partial charge on any atom is 0.250 e. The minimum atomic E-state index is -0.552. The highest BCUT2D eigenvalue weighted by atomic mass is 35.5. The van der Waals surface area contributed by atoms with E-state index in [0.29, 0.717) is 23.7 Å². The maximum absolute atomic E-state index is 12.0. The van der Waals surface area contributed by atoms with Gasteiger partial charge in [0.15, 0.2) is 0 Å². The molecule has 2 aromatic rings. The van der Waals surface area contributed by atoms with E-state index in [-0.39, 0.29) is 23.9 Å². The summed E-state index contributed by atoms with van der Waals surface area (Å²) in [6.07, 6.45) is 3.05. The predicted octanol–water partition coefficient (Wildman–Crippen LogP) is 3.04. The topological polar surface area (TPSA) is 77.1 Å². The molecule has 1 heterocycles. The van der Waals surface area contributed by atoms with E-state index in [1.165, 1.54) is 10.6 Å². The predicted molar refractivity (Wildman–Crippen MR) is 100 cm³/mol. The maximum atomic E-state index is 12.0. The highest BCUT2D eigenvalue weighted by Gasteiger charge is 2.13. The van der Waals surface area contributed by atoms with Crippen LogP contribution in [0.3, 0.4) is 0 Å². The molecule has 0 saturated carbocycles. The van der Waals surface area contributed by atoms with Gasteiger partial charge in [0, 0.05) is 17.3 Å². The van der Waals surface area contributed by atoms with Crippen molar-refractivity contribution in [2.45, 2.75) is 32.4 Å². The SMILES string of the molecule is CCCC(N)C(=O)Nc1ccc(=O)n(Cc2ccccc2Cl)c1.Cl. The minimum Gasteiger partial charge on any atom is -0.323 e. The van der Waals surface area contributed by atoms with E-state index in [9.17, 15) is 9.59 Å². The summed E-state index contributed by atoms with van der Waals surface area (Å²) in [5.74, 6) is -0.255. The number of halogens is 2. The third kappa shape index (κ3) is 5.37. The molecule has 1 amide bonds. The van der Waals surface area contributed by atoms with Crippen LogP contribution in [0.4, 0.5) is 5.69 Å². The van der Waals surface area contributed by atoms with Crippen LogP contribution in [0.25, 0.3) is 0 Å². The fourth-order valence-corrected chi connectivity index (χ4v) is 2.41. The van der Waals surface area contributed by atoms with Gasteiger partial charge in [0.05, 0.1) is 18.3 Å². The van der Waals surface area contributed by atoms with Crippen LogP contribution in [0.1, 0.15) is 25.3 Å². The normalized spacial score (nSPS) is 11.5. The molecule has 0 aliphatic heterocycles. The van der Waals surface area contributed by atoms with Gasteiger partial charge in [-0.05, 0) is 24.1 Å². The molecular formula is C17H21Cl2N3O2. The number of benzene rings is 1. The zero-order valence-electron chi connectivity index (χ0n) is 13.4. The lowest BCUT2D eigenvalue weighted by Gasteiger charge is -2.13. The second-order valence-electron chi connectivity index (χ2n) is 5.36. The van der Waals surface area contributed by atoms with Crippen molar-refractivity contribution in [1.82, 2.24) is 4.57 Å². The van der Waals surface area contributed by atoms with Crippen LogP contribution >= 0.6 is 24.0 Å². The van der Waals surface area contributed by atoms with E-state index in [2.05, 4.69) is 5.32 Å². The van der Waals surface area contributed by atoms with Crippen LogP contribution in [0.15, 0.2) is 47.4 Å². The first kappa shape index (κ1) is 20.2. The monoisotopic (exact) mass is 369 g/mol. The Morgan fingerprint density at radius 1 is 1.29 bits per heavy atom. The van der Waals surface area contributed by atoms with Gasteiger partial charge in [-0.15, -0.1) is 12.4 Å². The zero-order valence-corrected chi connectivity index (χ0v) is 14.9. The van der Waals surface area contributed by atoms with Gasteiger partial charge in [-0.1, -0.05) is 43.1 Å². The van der Waals surface area contributed by atoms with Crippen molar-refractivity contribution in [2.75, 3.05) is 5.32 Å². The molecule has 1 atom stereocenters. The Labute approximate surface area is 152 Å². The molecule has 2 rings (SSSR count). The summed E-state index contributed by atoms with van der Waals surface area (Å²) >= 11 is 6.13. The largest absolute Gasteiger partial charge is 0.323 e. The standard InChI is InChI=1S/C17H20ClN3O2.ClH/c1-2-5-15(19)17(23)20-13-8-9-16(22)21(11-13)10-12-6-3-4-7-14(12)18;/h3-4,6-9,11,15H,2,5,10,19H2,1H3,(H,20,23);1H. The molecule has 3 N–H and O–H groups in total. The second-order valence-corrected chi connectivity index (χ2v) is 5.77. The highest BCUT2D eigenvalue weighted by Crippen LogP contribution is 2.16. The first-order valence-electron chi connectivity index (χ1n) is 7.51. The molecule has 0 bridgehead atoms. The summed E-state index contributed by atoms with van der Waals surface area (Å²) in [5.41, 5.74) is 6.99. The van der Waals surface area contributed by atoms with Gasteiger partial charge in [0.1, 0.15) is 0 Å². The molecule has 5 nitrogen and oxygen atoms in total. The lowest BCUT2D eigenvalue weighted by atomic mass is 10.1. The van der Waals surface area contributed by atoms with Crippen LogP contribution in [0.5, 0.6) is 0 Å². The number of amides is 1. The molecular weight excluding hydrogens is 349 g/mol. The van der Waals surface area contributed by atoms with Crippen molar-refractivity contribution >= 4 is 35.6 Å². The summed E-state index contributed by atoms with van der Waals surface area (Å²) < 4.78 is 1.50. The molecule has 0 fully saturated rings. The highest BCUT2D eigenvalue weighted by molar-refractivity contribution is 6.31. The average molecular weight is 370 g/mol. The Balaban J connectivity index is 0.00000288. The Kier molecular flexibility index (Phi) is 7.98. The Morgan fingerprint density at radius 2 is 2.00 bits per heavy atom. The fourth-order valence-electron chi connectivity index (χ4n) is 2.22. The molecule has 130 valence electrons. The third-order valence-electron chi connectivity index (χ3n) is 3.49. The van der Waals surface area contributed by atoms with E-state index in [4.69, 9.17) is 17.3 Å². The first-order chi connectivity index (χ1) is 11.0. The minimum absolute atomic E-state index is 0. The Bertz CT molecular complexity index is 747. The lowest BCUT2D eigenvalue weighted by Crippen LogP contribution is -2.35. The first-order valence-corrected chi connectivity index (χ1v) is 7.89. The van der Waals surface area contributed by atoms with E-state index in [1.807, 2.05) is 25.1 Å². The summed E-state index contributed by atoms with van der Waals surface area (Å²) in [6.45, 7) is 2.31. The fraction of sp³-hybridized carbons (Fsp3) is 0.294. The quantitative estimate of drug-likeness (QED) is 0.821. The number of carbonyl (C=O) groups excluding carboxylic acids is 1. The van der Waals surface area contributed by atoms with Crippen molar-refractivity contribution in [1.29, 1.82) is 0 Å². The van der Waals surface area contributed by atoms with Gasteiger partial charge in [0.2, 0.25) is 5.91 Å².